The van der Waals surface area contributed by atoms with Crippen LogP contribution in [-0.2, 0) is 13.1 Å². The normalized spacial score (nSPS) is 12.8. The predicted octanol–water partition coefficient (Wildman–Crippen LogP) is 3.80. The van der Waals surface area contributed by atoms with Gasteiger partial charge in [0.25, 0.3) is 0 Å². The van der Waals surface area contributed by atoms with Crippen molar-refractivity contribution in [3.8, 4) is 0 Å². The molecule has 0 saturated heterocycles. The number of hydrogen-bond donors (Lipinski definition) is 1. The highest BCUT2D eigenvalue weighted by atomic mass is 32.1. The summed E-state index contributed by atoms with van der Waals surface area (Å²) in [6, 6.07) is 9.81. The van der Waals surface area contributed by atoms with Gasteiger partial charge in [-0.05, 0) is 44.1 Å². The zero-order valence-corrected chi connectivity index (χ0v) is 13.0. The molecule has 2 aromatic rings. The number of rotatable bonds is 6. The Balaban J connectivity index is 2.10. The average molecular weight is 292 g/mol. The van der Waals surface area contributed by atoms with Crippen molar-refractivity contribution in [3.05, 3.63) is 57.5 Å². The van der Waals surface area contributed by atoms with Crippen LogP contribution in [0.5, 0.6) is 0 Å². The van der Waals surface area contributed by atoms with Crippen LogP contribution in [0.4, 0.5) is 4.39 Å². The van der Waals surface area contributed by atoms with Crippen LogP contribution in [0.25, 0.3) is 0 Å². The Morgan fingerprint density at radius 3 is 2.80 bits per heavy atom. The lowest BCUT2D eigenvalue weighted by Gasteiger charge is -2.24. The summed E-state index contributed by atoms with van der Waals surface area (Å²) in [7, 11) is 3.93. The monoisotopic (exact) mass is 292 g/mol. The maximum absolute atomic E-state index is 13.9. The summed E-state index contributed by atoms with van der Waals surface area (Å²) in [5.41, 5.74) is 1.87. The summed E-state index contributed by atoms with van der Waals surface area (Å²) in [5.74, 6) is -0.130. The fourth-order valence-corrected chi connectivity index (χ4v) is 3.06. The molecule has 1 aromatic carbocycles. The van der Waals surface area contributed by atoms with E-state index in [1.165, 1.54) is 4.88 Å². The van der Waals surface area contributed by atoms with Gasteiger partial charge in [-0.1, -0.05) is 18.2 Å². The maximum Gasteiger partial charge on any atom is 0.127 e. The van der Waals surface area contributed by atoms with E-state index >= 15 is 0 Å². The number of hydrogen-bond acceptors (Lipinski definition) is 3. The summed E-state index contributed by atoms with van der Waals surface area (Å²) in [6.07, 6.45) is 0. The van der Waals surface area contributed by atoms with Gasteiger partial charge < -0.3 is 5.32 Å². The van der Waals surface area contributed by atoms with Crippen LogP contribution in [0.2, 0.25) is 0 Å². The van der Waals surface area contributed by atoms with Gasteiger partial charge in [0.05, 0.1) is 0 Å². The van der Waals surface area contributed by atoms with Gasteiger partial charge in [0.1, 0.15) is 5.82 Å². The van der Waals surface area contributed by atoms with Gasteiger partial charge in [0.15, 0.2) is 0 Å². The standard InChI is InChI=1S/C16H21FN2S/c1-12(16-5-4-8-20-16)19(3)11-14-9-13(10-18-2)6-7-15(14)17/h4-9,12,18H,10-11H2,1-3H3. The Morgan fingerprint density at radius 2 is 2.15 bits per heavy atom. The van der Waals surface area contributed by atoms with E-state index in [0.29, 0.717) is 12.6 Å². The molecule has 1 heterocycles. The third kappa shape index (κ3) is 3.66. The third-order valence-corrected chi connectivity index (χ3v) is 4.57. The molecule has 0 aliphatic carbocycles. The summed E-state index contributed by atoms with van der Waals surface area (Å²) >= 11 is 1.74. The van der Waals surface area contributed by atoms with Crippen molar-refractivity contribution in [2.75, 3.05) is 14.1 Å². The van der Waals surface area contributed by atoms with Crippen LogP contribution in [0.15, 0.2) is 35.7 Å². The van der Waals surface area contributed by atoms with E-state index in [1.807, 2.05) is 26.2 Å². The van der Waals surface area contributed by atoms with E-state index < -0.39 is 0 Å². The van der Waals surface area contributed by atoms with Gasteiger partial charge >= 0.3 is 0 Å². The first-order chi connectivity index (χ1) is 9.61. The lowest BCUT2D eigenvalue weighted by molar-refractivity contribution is 0.253. The molecule has 20 heavy (non-hydrogen) atoms. The molecule has 4 heteroatoms. The minimum absolute atomic E-state index is 0.130. The zero-order chi connectivity index (χ0) is 14.5. The molecule has 1 unspecified atom stereocenters. The Labute approximate surface area is 124 Å². The number of thiophene rings is 1. The SMILES string of the molecule is CNCc1ccc(F)c(CN(C)C(C)c2cccs2)c1. The number of halogens is 1. The highest BCUT2D eigenvalue weighted by Crippen LogP contribution is 2.25. The van der Waals surface area contributed by atoms with Crippen LogP contribution in [-0.4, -0.2) is 19.0 Å². The van der Waals surface area contributed by atoms with Crippen molar-refractivity contribution in [2.24, 2.45) is 0 Å². The second-order valence-electron chi connectivity index (χ2n) is 5.06. The first kappa shape index (κ1) is 15.2. The van der Waals surface area contributed by atoms with Gasteiger partial charge in [0, 0.05) is 29.6 Å². The second kappa shape index (κ2) is 6.97. The quantitative estimate of drug-likeness (QED) is 0.871. The first-order valence-corrected chi connectivity index (χ1v) is 7.65. The van der Waals surface area contributed by atoms with E-state index in [-0.39, 0.29) is 5.82 Å². The molecule has 1 N–H and O–H groups in total. The van der Waals surface area contributed by atoms with Crippen LogP contribution >= 0.6 is 11.3 Å². The maximum atomic E-state index is 13.9. The Hall–Kier alpha value is -1.23. The van der Waals surface area contributed by atoms with Crippen molar-refractivity contribution >= 4 is 11.3 Å². The zero-order valence-electron chi connectivity index (χ0n) is 12.2. The van der Waals surface area contributed by atoms with Crippen LogP contribution in [0.3, 0.4) is 0 Å². The molecule has 0 amide bonds. The van der Waals surface area contributed by atoms with Crippen molar-refractivity contribution in [1.82, 2.24) is 10.2 Å². The van der Waals surface area contributed by atoms with Gasteiger partial charge in [-0.3, -0.25) is 4.90 Å². The molecule has 0 saturated carbocycles. The lowest BCUT2D eigenvalue weighted by atomic mass is 10.1. The minimum atomic E-state index is -0.130. The molecule has 0 bridgehead atoms. The van der Waals surface area contributed by atoms with E-state index in [0.717, 1.165) is 17.7 Å². The molecular weight excluding hydrogens is 271 g/mol. The summed E-state index contributed by atoms with van der Waals surface area (Å²) < 4.78 is 13.9. The topological polar surface area (TPSA) is 15.3 Å². The van der Waals surface area contributed by atoms with Crippen molar-refractivity contribution in [3.63, 3.8) is 0 Å². The number of benzene rings is 1. The average Bonchev–Trinajstić information content (AvgIpc) is 2.96. The fourth-order valence-electron chi connectivity index (χ4n) is 2.22. The second-order valence-corrected chi connectivity index (χ2v) is 6.04. The van der Waals surface area contributed by atoms with Crippen LogP contribution in [0, 0.1) is 5.82 Å². The summed E-state index contributed by atoms with van der Waals surface area (Å²) in [6.45, 7) is 3.53. The Morgan fingerprint density at radius 1 is 1.35 bits per heavy atom. The molecule has 0 fully saturated rings. The third-order valence-electron chi connectivity index (χ3n) is 3.53. The van der Waals surface area contributed by atoms with E-state index in [9.17, 15) is 4.39 Å². The number of nitrogens with zero attached hydrogens (tertiary/aromatic N) is 1. The van der Waals surface area contributed by atoms with E-state index in [4.69, 9.17) is 0 Å². The van der Waals surface area contributed by atoms with Gasteiger partial charge in [0.2, 0.25) is 0 Å². The molecule has 108 valence electrons. The molecular formula is C16H21FN2S. The molecule has 0 aliphatic heterocycles. The Kier molecular flexibility index (Phi) is 5.29. The molecule has 0 aliphatic rings. The molecule has 0 spiro atoms. The van der Waals surface area contributed by atoms with Gasteiger partial charge in [-0.15, -0.1) is 11.3 Å². The largest absolute Gasteiger partial charge is 0.316 e. The number of nitrogens with one attached hydrogen (secondary N) is 1. The molecule has 0 radical (unpaired) electrons. The highest BCUT2D eigenvalue weighted by molar-refractivity contribution is 7.10. The molecule has 2 nitrogen and oxygen atoms in total. The predicted molar refractivity (Wildman–Crippen MR) is 83.4 cm³/mol. The Bertz CT molecular complexity index is 539. The molecule has 1 aromatic heterocycles. The summed E-state index contributed by atoms with van der Waals surface area (Å²) in [5, 5.41) is 5.17. The summed E-state index contributed by atoms with van der Waals surface area (Å²) in [4.78, 5) is 3.48. The van der Waals surface area contributed by atoms with Crippen LogP contribution in [0.1, 0.15) is 29.0 Å². The molecule has 2 rings (SSSR count). The van der Waals surface area contributed by atoms with Crippen LogP contribution < -0.4 is 5.32 Å². The highest BCUT2D eigenvalue weighted by Gasteiger charge is 2.14. The van der Waals surface area contributed by atoms with Gasteiger partial charge in [-0.25, -0.2) is 4.39 Å². The lowest BCUT2D eigenvalue weighted by Crippen LogP contribution is -2.22. The fraction of sp³-hybridized carbons (Fsp3) is 0.375. The van der Waals surface area contributed by atoms with Crippen molar-refractivity contribution in [2.45, 2.75) is 26.1 Å². The van der Waals surface area contributed by atoms with E-state index in [2.05, 4.69) is 34.7 Å². The smallest absolute Gasteiger partial charge is 0.127 e. The minimum Gasteiger partial charge on any atom is -0.316 e. The first-order valence-electron chi connectivity index (χ1n) is 6.77. The van der Waals surface area contributed by atoms with Crippen molar-refractivity contribution in [1.29, 1.82) is 0 Å². The van der Waals surface area contributed by atoms with Gasteiger partial charge in [-0.2, -0.15) is 0 Å². The van der Waals surface area contributed by atoms with E-state index in [1.54, 1.807) is 17.4 Å². The van der Waals surface area contributed by atoms with Crippen molar-refractivity contribution < 1.29 is 4.39 Å². The molecule has 1 atom stereocenters.